The highest BCUT2D eigenvalue weighted by Gasteiger charge is 2.13. The molecule has 2 rings (SSSR count). The molecule has 20 heavy (non-hydrogen) atoms. The monoisotopic (exact) mass is 277 g/mol. The van der Waals surface area contributed by atoms with Crippen LogP contribution in [0.5, 0.6) is 0 Å². The van der Waals surface area contributed by atoms with Gasteiger partial charge in [-0.3, -0.25) is 5.43 Å². The molecule has 0 saturated heterocycles. The van der Waals surface area contributed by atoms with Crippen molar-refractivity contribution in [3.63, 3.8) is 0 Å². The van der Waals surface area contributed by atoms with Crippen molar-refractivity contribution in [1.82, 2.24) is 29.7 Å². The first kappa shape index (κ1) is 14.1. The summed E-state index contributed by atoms with van der Waals surface area (Å²) in [6, 6.07) is 0. The van der Waals surface area contributed by atoms with Crippen LogP contribution in [0.4, 0.5) is 11.9 Å². The molecule has 0 amide bonds. The zero-order valence-electron chi connectivity index (χ0n) is 11.7. The zero-order chi connectivity index (χ0) is 14.4. The van der Waals surface area contributed by atoms with Gasteiger partial charge in [0.15, 0.2) is 0 Å². The first-order chi connectivity index (χ1) is 9.78. The summed E-state index contributed by atoms with van der Waals surface area (Å²) in [5.74, 6) is 6.70. The third-order valence-corrected chi connectivity index (χ3v) is 2.63. The Balaban J connectivity index is 2.38. The number of aromatic nitrogens is 6. The predicted molar refractivity (Wildman–Crippen MR) is 75.3 cm³/mol. The number of nitrogens with zero attached hydrogens (tertiary/aromatic N) is 7. The standard InChI is InChI=1S/C11H19N9/c1-3-5-19(6-4-2)10-15-9(18-12)16-11(17-10)20-8-13-7-14-20/h7-8H,3-6,12H2,1-2H3,(H,15,16,17,18). The molecular weight excluding hydrogens is 258 g/mol. The molecule has 3 N–H and O–H groups in total. The van der Waals surface area contributed by atoms with Crippen LogP contribution in [-0.2, 0) is 0 Å². The molecule has 0 bridgehead atoms. The second-order valence-electron chi connectivity index (χ2n) is 4.23. The van der Waals surface area contributed by atoms with Gasteiger partial charge in [-0.1, -0.05) is 13.8 Å². The smallest absolute Gasteiger partial charge is 0.258 e. The van der Waals surface area contributed by atoms with Crippen molar-refractivity contribution in [3.8, 4) is 5.95 Å². The SMILES string of the molecule is CCCN(CCC)c1nc(NN)nc(-n2cncn2)n1. The van der Waals surface area contributed by atoms with Gasteiger partial charge in [0.1, 0.15) is 12.7 Å². The molecule has 0 aliphatic carbocycles. The second-order valence-corrected chi connectivity index (χ2v) is 4.23. The number of nitrogens with two attached hydrogens (primary N) is 1. The van der Waals surface area contributed by atoms with Crippen LogP contribution in [0.3, 0.4) is 0 Å². The lowest BCUT2D eigenvalue weighted by molar-refractivity contribution is 0.706. The summed E-state index contributed by atoms with van der Waals surface area (Å²) in [5.41, 5.74) is 2.46. The van der Waals surface area contributed by atoms with E-state index in [9.17, 15) is 0 Å². The van der Waals surface area contributed by atoms with Gasteiger partial charge in [0.05, 0.1) is 0 Å². The molecule has 2 aromatic rings. The van der Waals surface area contributed by atoms with Crippen LogP contribution < -0.4 is 16.2 Å². The summed E-state index contributed by atoms with van der Waals surface area (Å²) in [6.45, 7) is 5.98. The molecule has 0 aromatic carbocycles. The summed E-state index contributed by atoms with van der Waals surface area (Å²) in [6.07, 6.45) is 4.98. The molecule has 9 heteroatoms. The number of nitrogens with one attached hydrogen (secondary N) is 1. The molecule has 2 heterocycles. The van der Waals surface area contributed by atoms with Crippen LogP contribution in [0, 0.1) is 0 Å². The largest absolute Gasteiger partial charge is 0.341 e. The molecule has 0 unspecified atom stereocenters. The highest BCUT2D eigenvalue weighted by atomic mass is 15.4. The van der Waals surface area contributed by atoms with E-state index in [4.69, 9.17) is 5.84 Å². The first-order valence-electron chi connectivity index (χ1n) is 6.61. The minimum Gasteiger partial charge on any atom is -0.341 e. The summed E-state index contributed by atoms with van der Waals surface area (Å²) in [5, 5.41) is 4.02. The van der Waals surface area contributed by atoms with Crippen molar-refractivity contribution in [3.05, 3.63) is 12.7 Å². The topological polar surface area (TPSA) is 111 Å². The van der Waals surface area contributed by atoms with Crippen molar-refractivity contribution in [2.24, 2.45) is 5.84 Å². The number of hydrogen-bond donors (Lipinski definition) is 2. The summed E-state index contributed by atoms with van der Waals surface area (Å²) < 4.78 is 1.47. The molecule has 0 atom stereocenters. The number of hydrazine groups is 1. The fourth-order valence-corrected chi connectivity index (χ4v) is 1.83. The van der Waals surface area contributed by atoms with Crippen molar-refractivity contribution in [2.75, 3.05) is 23.4 Å². The lowest BCUT2D eigenvalue weighted by Crippen LogP contribution is -2.28. The van der Waals surface area contributed by atoms with Gasteiger partial charge in [-0.15, -0.1) is 0 Å². The van der Waals surface area contributed by atoms with E-state index in [0.29, 0.717) is 17.8 Å². The molecule has 9 nitrogen and oxygen atoms in total. The molecule has 0 aliphatic heterocycles. The second kappa shape index (κ2) is 6.75. The van der Waals surface area contributed by atoms with E-state index in [1.807, 2.05) is 0 Å². The third kappa shape index (κ3) is 3.18. The average Bonchev–Trinajstić information content (AvgIpc) is 3.01. The van der Waals surface area contributed by atoms with E-state index >= 15 is 0 Å². The number of nitrogen functional groups attached to an aromatic ring is 1. The minimum absolute atomic E-state index is 0.303. The van der Waals surface area contributed by atoms with Gasteiger partial charge in [-0.2, -0.15) is 24.7 Å². The average molecular weight is 277 g/mol. The van der Waals surface area contributed by atoms with Crippen molar-refractivity contribution in [2.45, 2.75) is 26.7 Å². The Morgan fingerprint density at radius 1 is 1.20 bits per heavy atom. The quantitative estimate of drug-likeness (QED) is 0.551. The maximum absolute atomic E-state index is 5.42. The Morgan fingerprint density at radius 2 is 1.95 bits per heavy atom. The lowest BCUT2D eigenvalue weighted by atomic mass is 10.4. The lowest BCUT2D eigenvalue weighted by Gasteiger charge is -2.21. The van der Waals surface area contributed by atoms with Crippen molar-refractivity contribution in [1.29, 1.82) is 0 Å². The Morgan fingerprint density at radius 3 is 2.50 bits per heavy atom. The van der Waals surface area contributed by atoms with Gasteiger partial charge < -0.3 is 4.90 Å². The summed E-state index contributed by atoms with van der Waals surface area (Å²) >= 11 is 0. The van der Waals surface area contributed by atoms with Crippen LogP contribution in [-0.4, -0.2) is 42.8 Å². The Hall–Kier alpha value is -2.29. The van der Waals surface area contributed by atoms with Crippen LogP contribution in [0.2, 0.25) is 0 Å². The third-order valence-electron chi connectivity index (χ3n) is 2.63. The number of anilines is 2. The molecule has 0 saturated carbocycles. The highest BCUT2D eigenvalue weighted by molar-refractivity contribution is 5.39. The van der Waals surface area contributed by atoms with Gasteiger partial charge in [-0.05, 0) is 12.8 Å². The molecule has 0 spiro atoms. The summed E-state index contributed by atoms with van der Waals surface area (Å²) in [4.78, 5) is 18.9. The minimum atomic E-state index is 0.303. The van der Waals surface area contributed by atoms with E-state index < -0.39 is 0 Å². The zero-order valence-corrected chi connectivity index (χ0v) is 11.7. The van der Waals surface area contributed by atoms with Crippen LogP contribution in [0.1, 0.15) is 26.7 Å². The molecule has 0 fully saturated rings. The van der Waals surface area contributed by atoms with Crippen molar-refractivity contribution >= 4 is 11.9 Å². The van der Waals surface area contributed by atoms with E-state index in [-0.39, 0.29) is 0 Å². The molecule has 2 aromatic heterocycles. The van der Waals surface area contributed by atoms with Crippen LogP contribution >= 0.6 is 0 Å². The van der Waals surface area contributed by atoms with Gasteiger partial charge in [0.25, 0.3) is 5.95 Å². The van der Waals surface area contributed by atoms with Gasteiger partial charge in [0, 0.05) is 13.1 Å². The van der Waals surface area contributed by atoms with E-state index in [0.717, 1.165) is 25.9 Å². The fourth-order valence-electron chi connectivity index (χ4n) is 1.83. The van der Waals surface area contributed by atoms with Gasteiger partial charge in [0.2, 0.25) is 11.9 Å². The first-order valence-corrected chi connectivity index (χ1v) is 6.61. The van der Waals surface area contributed by atoms with Crippen LogP contribution in [0.15, 0.2) is 12.7 Å². The molecule has 0 radical (unpaired) electrons. The van der Waals surface area contributed by atoms with E-state index in [1.54, 1.807) is 0 Å². The molecule has 0 aliphatic rings. The Labute approximate surface area is 117 Å². The molecule has 108 valence electrons. The normalized spacial score (nSPS) is 10.6. The van der Waals surface area contributed by atoms with E-state index in [1.165, 1.54) is 17.3 Å². The van der Waals surface area contributed by atoms with Gasteiger partial charge in [-0.25, -0.2) is 10.8 Å². The highest BCUT2D eigenvalue weighted by Crippen LogP contribution is 2.13. The van der Waals surface area contributed by atoms with Crippen LogP contribution in [0.25, 0.3) is 5.95 Å². The van der Waals surface area contributed by atoms with Gasteiger partial charge >= 0.3 is 0 Å². The Kier molecular flexibility index (Phi) is 4.77. The maximum Gasteiger partial charge on any atom is 0.258 e. The number of rotatable bonds is 7. The fraction of sp³-hybridized carbons (Fsp3) is 0.545. The molecular formula is C11H19N9. The van der Waals surface area contributed by atoms with E-state index in [2.05, 4.69) is 49.2 Å². The Bertz CT molecular complexity index is 519. The predicted octanol–water partition coefficient (Wildman–Crippen LogP) is 0.364. The van der Waals surface area contributed by atoms with Crippen molar-refractivity contribution < 1.29 is 0 Å². The maximum atomic E-state index is 5.42. The summed E-state index contributed by atoms with van der Waals surface area (Å²) in [7, 11) is 0. The number of hydrogen-bond acceptors (Lipinski definition) is 8.